The number of piperazine rings is 1. The molecule has 0 spiro atoms. The molecule has 0 saturated carbocycles. The average molecular weight is 365 g/mol. The van der Waals surface area contributed by atoms with Gasteiger partial charge in [-0.25, -0.2) is 0 Å². The highest BCUT2D eigenvalue weighted by Crippen LogP contribution is 2.38. The Morgan fingerprint density at radius 3 is 2.67 bits per heavy atom. The lowest BCUT2D eigenvalue weighted by atomic mass is 10.0. The van der Waals surface area contributed by atoms with Crippen LogP contribution in [-0.2, 0) is 6.54 Å². The molecule has 0 bridgehead atoms. The van der Waals surface area contributed by atoms with Crippen molar-refractivity contribution in [2.45, 2.75) is 13.5 Å². The molecule has 2 aliphatic heterocycles. The number of ether oxygens (including phenoxy) is 1. The van der Waals surface area contributed by atoms with Crippen LogP contribution in [-0.4, -0.2) is 48.4 Å². The number of fused-ring (bicyclic) bond motifs is 1. The maximum absolute atomic E-state index is 12.7. The molecule has 140 valence electrons. The molecule has 0 amide bonds. The molecule has 0 atom stereocenters. The van der Waals surface area contributed by atoms with E-state index in [4.69, 9.17) is 4.74 Å². The molecule has 4 rings (SSSR count). The first-order valence-corrected chi connectivity index (χ1v) is 9.38. The van der Waals surface area contributed by atoms with Crippen molar-refractivity contribution in [2.24, 2.45) is 0 Å². The van der Waals surface area contributed by atoms with Gasteiger partial charge in [0.15, 0.2) is 5.76 Å². The second-order valence-corrected chi connectivity index (χ2v) is 7.00. The summed E-state index contributed by atoms with van der Waals surface area (Å²) in [4.78, 5) is 20.5. The minimum Gasteiger partial charge on any atom is -0.872 e. The molecule has 0 unspecified atom stereocenters. The van der Waals surface area contributed by atoms with Crippen molar-refractivity contribution in [2.75, 3.05) is 32.7 Å². The lowest BCUT2D eigenvalue weighted by Crippen LogP contribution is -3.13. The molecule has 1 N–H and O–H groups in total. The Kier molecular flexibility index (Phi) is 4.92. The normalized spacial score (nSPS) is 19.3. The molecule has 0 radical (unpaired) electrons. The lowest BCUT2D eigenvalue weighted by Gasteiger charge is -2.32. The molecule has 1 aromatic heterocycles. The van der Waals surface area contributed by atoms with E-state index >= 15 is 0 Å². The molecule has 1 aromatic carbocycles. The number of nitrogens with one attached hydrogen (secondary N) is 1. The molecule has 6 nitrogen and oxygen atoms in total. The Labute approximate surface area is 158 Å². The van der Waals surface area contributed by atoms with Crippen molar-refractivity contribution in [3.05, 3.63) is 59.1 Å². The summed E-state index contributed by atoms with van der Waals surface area (Å²) in [5.74, 6) is 0.470. The van der Waals surface area contributed by atoms with E-state index in [1.54, 1.807) is 24.5 Å². The Bertz CT molecular complexity index is 872. The van der Waals surface area contributed by atoms with Gasteiger partial charge in [-0.05, 0) is 36.4 Å². The predicted octanol–water partition coefficient (Wildman–Crippen LogP) is 0.492. The van der Waals surface area contributed by atoms with Crippen LogP contribution in [0.2, 0.25) is 0 Å². The first-order valence-electron chi connectivity index (χ1n) is 9.38. The van der Waals surface area contributed by atoms with Crippen molar-refractivity contribution in [3.8, 4) is 11.5 Å². The molecule has 2 aromatic rings. The second-order valence-electron chi connectivity index (χ2n) is 7.00. The van der Waals surface area contributed by atoms with Gasteiger partial charge in [0.1, 0.15) is 12.3 Å². The fraction of sp³-hybridized carbons (Fsp3) is 0.333. The van der Waals surface area contributed by atoms with E-state index in [1.165, 1.54) is 11.0 Å². The highest BCUT2D eigenvalue weighted by molar-refractivity contribution is 6.14. The number of hydrogen-bond acceptors (Lipinski definition) is 5. The van der Waals surface area contributed by atoms with Gasteiger partial charge in [0.05, 0.1) is 18.7 Å². The van der Waals surface area contributed by atoms with Gasteiger partial charge in [-0.15, -0.1) is 0 Å². The minimum absolute atomic E-state index is 0.0582. The van der Waals surface area contributed by atoms with E-state index < -0.39 is 0 Å². The van der Waals surface area contributed by atoms with Crippen LogP contribution in [0.1, 0.15) is 28.4 Å². The van der Waals surface area contributed by atoms with E-state index in [1.807, 2.05) is 12.1 Å². The third kappa shape index (κ3) is 3.59. The number of nitrogens with zero attached hydrogens (tertiary/aromatic N) is 2. The van der Waals surface area contributed by atoms with Crippen molar-refractivity contribution >= 4 is 11.9 Å². The molecular weight excluding hydrogens is 342 g/mol. The molecule has 1 fully saturated rings. The zero-order valence-electron chi connectivity index (χ0n) is 15.4. The van der Waals surface area contributed by atoms with Crippen LogP contribution in [0.3, 0.4) is 0 Å². The van der Waals surface area contributed by atoms with Crippen LogP contribution in [0, 0.1) is 0 Å². The fourth-order valence-electron chi connectivity index (χ4n) is 3.68. The molecule has 0 aliphatic carbocycles. The summed E-state index contributed by atoms with van der Waals surface area (Å²) >= 11 is 0. The number of rotatable bonds is 4. The van der Waals surface area contributed by atoms with Crippen molar-refractivity contribution in [1.29, 1.82) is 0 Å². The van der Waals surface area contributed by atoms with Crippen molar-refractivity contribution in [3.63, 3.8) is 0 Å². The maximum Gasteiger partial charge on any atom is 0.231 e. The zero-order chi connectivity index (χ0) is 18.8. The van der Waals surface area contributed by atoms with E-state index in [-0.39, 0.29) is 17.3 Å². The second kappa shape index (κ2) is 7.50. The number of hydrogen-bond donors (Lipinski definition) is 1. The van der Waals surface area contributed by atoms with E-state index in [0.717, 1.165) is 38.3 Å². The summed E-state index contributed by atoms with van der Waals surface area (Å²) in [6, 6.07) is 6.70. The summed E-state index contributed by atoms with van der Waals surface area (Å²) in [6.07, 6.45) is 5.03. The number of Topliss-reactive ketones (excluding diaryl/α,β-unsaturated/α-hetero) is 1. The molecule has 6 heteroatoms. The van der Waals surface area contributed by atoms with Gasteiger partial charge in [-0.3, -0.25) is 14.7 Å². The quantitative estimate of drug-likeness (QED) is 0.799. The summed E-state index contributed by atoms with van der Waals surface area (Å²) < 4.78 is 5.89. The Morgan fingerprint density at radius 1 is 1.22 bits per heavy atom. The highest BCUT2D eigenvalue weighted by atomic mass is 16.5. The van der Waals surface area contributed by atoms with Gasteiger partial charge in [0, 0.05) is 31.0 Å². The third-order valence-corrected chi connectivity index (χ3v) is 5.34. The topological polar surface area (TPSA) is 69.9 Å². The molecule has 1 saturated heterocycles. The van der Waals surface area contributed by atoms with Gasteiger partial charge in [-0.2, -0.15) is 0 Å². The van der Waals surface area contributed by atoms with Crippen LogP contribution in [0.5, 0.6) is 11.5 Å². The minimum atomic E-state index is -0.172. The van der Waals surface area contributed by atoms with Crippen LogP contribution in [0.25, 0.3) is 6.08 Å². The summed E-state index contributed by atoms with van der Waals surface area (Å²) in [5, 5.41) is 12.5. The van der Waals surface area contributed by atoms with Gasteiger partial charge in [0.2, 0.25) is 5.78 Å². The highest BCUT2D eigenvalue weighted by Gasteiger charge is 2.31. The number of likely N-dealkylation sites (N-methyl/N-ethyl adjacent to an activating group) is 1. The summed E-state index contributed by atoms with van der Waals surface area (Å²) in [5.41, 5.74) is 1.93. The number of pyridine rings is 1. The van der Waals surface area contributed by atoms with Crippen LogP contribution in [0.4, 0.5) is 0 Å². The van der Waals surface area contributed by atoms with E-state index in [9.17, 15) is 9.90 Å². The predicted molar refractivity (Wildman–Crippen MR) is 99.6 cm³/mol. The van der Waals surface area contributed by atoms with Crippen molar-refractivity contribution < 1.29 is 19.5 Å². The Hall–Kier alpha value is -2.70. The largest absolute Gasteiger partial charge is 0.872 e. The average Bonchev–Trinajstić information content (AvgIpc) is 3.01. The number of benzene rings is 1. The monoisotopic (exact) mass is 365 g/mol. The van der Waals surface area contributed by atoms with Gasteiger partial charge in [-0.1, -0.05) is 18.7 Å². The number of allylic oxidation sites excluding steroid dienone is 1. The zero-order valence-corrected chi connectivity index (χ0v) is 15.4. The summed E-state index contributed by atoms with van der Waals surface area (Å²) in [7, 11) is 0. The molecular formula is C21H23N3O3. The fourth-order valence-corrected chi connectivity index (χ4v) is 3.68. The first kappa shape index (κ1) is 17.7. The molecule has 27 heavy (non-hydrogen) atoms. The standard InChI is InChI=1S/C21H23N3O3/c1-2-23-9-11-24(12-10-23)14-17-18(25)4-3-16-20(26)19(27-21(16)17)13-15-5-7-22-8-6-15/h3-8,13,25H,2,9-12,14H2,1H3. The Balaban J connectivity index is 1.59. The summed E-state index contributed by atoms with van der Waals surface area (Å²) in [6.45, 7) is 7.86. The number of carbonyl (C=O) groups excluding carboxylic acids is 1. The number of ketones is 1. The van der Waals surface area contributed by atoms with Gasteiger partial charge < -0.3 is 14.7 Å². The van der Waals surface area contributed by atoms with Crippen LogP contribution in [0.15, 0.2) is 42.4 Å². The van der Waals surface area contributed by atoms with Crippen LogP contribution < -0.4 is 14.7 Å². The SMILES string of the molecule is CCN1CC[NH+](Cc2c([O-])ccc3c2OC(=Cc2ccncc2)C3=O)CC1. The third-order valence-electron chi connectivity index (χ3n) is 5.34. The van der Waals surface area contributed by atoms with E-state index in [0.29, 0.717) is 23.4 Å². The first-order chi connectivity index (χ1) is 13.2. The maximum atomic E-state index is 12.7. The molecule has 3 heterocycles. The molecule has 2 aliphatic rings. The van der Waals surface area contributed by atoms with Gasteiger partial charge >= 0.3 is 0 Å². The smallest absolute Gasteiger partial charge is 0.231 e. The van der Waals surface area contributed by atoms with Gasteiger partial charge in [0.25, 0.3) is 0 Å². The van der Waals surface area contributed by atoms with Crippen LogP contribution >= 0.6 is 0 Å². The number of quaternary nitrogens is 1. The Morgan fingerprint density at radius 2 is 1.96 bits per heavy atom. The number of aromatic nitrogens is 1. The van der Waals surface area contributed by atoms with Crippen molar-refractivity contribution in [1.82, 2.24) is 9.88 Å². The number of carbonyl (C=O) groups is 1. The van der Waals surface area contributed by atoms with E-state index in [2.05, 4.69) is 16.8 Å². The lowest BCUT2D eigenvalue weighted by molar-refractivity contribution is -0.918.